The van der Waals surface area contributed by atoms with E-state index in [0.29, 0.717) is 23.0 Å². The summed E-state index contributed by atoms with van der Waals surface area (Å²) in [5.41, 5.74) is 4.66. The summed E-state index contributed by atoms with van der Waals surface area (Å²) in [4.78, 5) is 20.4. The number of aromatic nitrogens is 1. The number of benzene rings is 2. The second-order valence-corrected chi connectivity index (χ2v) is 8.07. The van der Waals surface area contributed by atoms with Gasteiger partial charge in [-0.05, 0) is 48.2 Å². The van der Waals surface area contributed by atoms with Crippen molar-refractivity contribution >= 4 is 40.3 Å². The van der Waals surface area contributed by atoms with E-state index in [2.05, 4.69) is 24.0 Å². The standard InChI is InChI=1S/C24H24N2O3S/c1-4-26-13-16(11-15-9-10-21(30-3)20(12-15)29-2)23-18(14-26)22(24(27)28)17-7-5-6-8-19(17)25-23/h5-12H,4,13-14H2,1-3H3,(H,27,28)/b16-11-. The molecule has 30 heavy (non-hydrogen) atoms. The molecule has 1 aromatic heterocycles. The molecule has 0 bridgehead atoms. The Morgan fingerprint density at radius 1 is 1.27 bits per heavy atom. The summed E-state index contributed by atoms with van der Waals surface area (Å²) in [6, 6.07) is 13.6. The number of nitrogens with zero attached hydrogens (tertiary/aromatic N) is 2. The largest absolute Gasteiger partial charge is 0.496 e. The highest BCUT2D eigenvalue weighted by Crippen LogP contribution is 2.35. The Kier molecular flexibility index (Phi) is 5.79. The molecule has 0 unspecified atom stereocenters. The third kappa shape index (κ3) is 3.68. The molecule has 4 rings (SSSR count). The minimum Gasteiger partial charge on any atom is -0.496 e. The SMILES string of the molecule is CCN1C/C(=C/c2ccc(SC)c(OC)c2)c2nc3ccccc3c(C(=O)O)c2C1. The number of carbonyl (C=O) groups is 1. The summed E-state index contributed by atoms with van der Waals surface area (Å²) in [7, 11) is 1.67. The van der Waals surface area contributed by atoms with Gasteiger partial charge in [0, 0.05) is 28.9 Å². The van der Waals surface area contributed by atoms with Crippen molar-refractivity contribution in [2.45, 2.75) is 18.4 Å². The van der Waals surface area contributed by atoms with Gasteiger partial charge in [0.25, 0.3) is 0 Å². The normalized spacial score (nSPS) is 15.4. The van der Waals surface area contributed by atoms with Crippen LogP contribution in [0, 0.1) is 0 Å². The summed E-state index contributed by atoms with van der Waals surface area (Å²) < 4.78 is 5.53. The van der Waals surface area contributed by atoms with Gasteiger partial charge in [-0.15, -0.1) is 11.8 Å². The van der Waals surface area contributed by atoms with Crippen LogP contribution in [0.4, 0.5) is 0 Å². The van der Waals surface area contributed by atoms with Crippen LogP contribution >= 0.6 is 11.8 Å². The van der Waals surface area contributed by atoms with Crippen molar-refractivity contribution < 1.29 is 14.6 Å². The molecular formula is C24H24N2O3S. The molecule has 0 saturated carbocycles. The van der Waals surface area contributed by atoms with E-state index in [4.69, 9.17) is 9.72 Å². The molecule has 2 heterocycles. The molecule has 3 aromatic rings. The van der Waals surface area contributed by atoms with Gasteiger partial charge in [-0.2, -0.15) is 0 Å². The monoisotopic (exact) mass is 420 g/mol. The maximum atomic E-state index is 12.2. The molecule has 2 aromatic carbocycles. The summed E-state index contributed by atoms with van der Waals surface area (Å²) >= 11 is 1.64. The van der Waals surface area contributed by atoms with Crippen LogP contribution in [-0.2, 0) is 6.54 Å². The third-order valence-electron chi connectivity index (χ3n) is 5.48. The number of rotatable bonds is 5. The lowest BCUT2D eigenvalue weighted by molar-refractivity contribution is 0.0696. The predicted octanol–water partition coefficient (Wildman–Crippen LogP) is 5.04. The number of hydrogen-bond acceptors (Lipinski definition) is 5. The van der Waals surface area contributed by atoms with Gasteiger partial charge in [0.1, 0.15) is 5.75 Å². The molecular weight excluding hydrogens is 396 g/mol. The summed E-state index contributed by atoms with van der Waals surface area (Å²) in [5, 5.41) is 10.7. The Balaban J connectivity index is 1.93. The minimum atomic E-state index is -0.909. The number of carboxylic acid groups (broad SMARTS) is 1. The highest BCUT2D eigenvalue weighted by Gasteiger charge is 2.27. The number of fused-ring (bicyclic) bond motifs is 2. The van der Waals surface area contributed by atoms with Crippen molar-refractivity contribution in [3.63, 3.8) is 0 Å². The number of ether oxygens (including phenoxy) is 1. The molecule has 0 aliphatic carbocycles. The lowest BCUT2D eigenvalue weighted by Gasteiger charge is -2.30. The zero-order chi connectivity index (χ0) is 21.3. The van der Waals surface area contributed by atoms with Gasteiger partial charge in [-0.25, -0.2) is 9.78 Å². The summed E-state index contributed by atoms with van der Waals surface area (Å²) in [6.45, 7) is 4.23. The summed E-state index contributed by atoms with van der Waals surface area (Å²) in [5.74, 6) is -0.0777. The topological polar surface area (TPSA) is 62.7 Å². The second-order valence-electron chi connectivity index (χ2n) is 7.22. The number of thioether (sulfide) groups is 1. The van der Waals surface area contributed by atoms with Crippen molar-refractivity contribution in [1.82, 2.24) is 9.88 Å². The predicted molar refractivity (Wildman–Crippen MR) is 122 cm³/mol. The zero-order valence-electron chi connectivity index (χ0n) is 17.3. The van der Waals surface area contributed by atoms with E-state index in [1.165, 1.54) is 0 Å². The van der Waals surface area contributed by atoms with E-state index in [1.54, 1.807) is 18.9 Å². The molecule has 154 valence electrons. The first-order chi connectivity index (χ1) is 14.5. The van der Waals surface area contributed by atoms with E-state index < -0.39 is 5.97 Å². The fraction of sp³-hybridized carbons (Fsp3) is 0.250. The molecule has 0 amide bonds. The average Bonchev–Trinajstić information content (AvgIpc) is 2.77. The number of aromatic carboxylic acids is 1. The highest BCUT2D eigenvalue weighted by atomic mass is 32.2. The molecule has 0 spiro atoms. The molecule has 1 aliphatic rings. The van der Waals surface area contributed by atoms with Gasteiger partial charge in [-0.1, -0.05) is 31.2 Å². The first-order valence-corrected chi connectivity index (χ1v) is 11.1. The summed E-state index contributed by atoms with van der Waals surface area (Å²) in [6.07, 6.45) is 4.12. The Hall–Kier alpha value is -2.83. The van der Waals surface area contributed by atoms with Gasteiger partial charge >= 0.3 is 5.97 Å². The van der Waals surface area contributed by atoms with Crippen LogP contribution in [0.15, 0.2) is 47.4 Å². The molecule has 6 heteroatoms. The average molecular weight is 421 g/mol. The van der Waals surface area contributed by atoms with Gasteiger partial charge in [0.15, 0.2) is 0 Å². The molecule has 0 atom stereocenters. The molecule has 5 nitrogen and oxygen atoms in total. The van der Waals surface area contributed by atoms with Crippen molar-refractivity contribution in [3.8, 4) is 5.75 Å². The van der Waals surface area contributed by atoms with E-state index in [1.807, 2.05) is 42.7 Å². The molecule has 0 fully saturated rings. The lowest BCUT2D eigenvalue weighted by Crippen LogP contribution is -2.31. The van der Waals surface area contributed by atoms with Crippen LogP contribution in [0.5, 0.6) is 5.75 Å². The van der Waals surface area contributed by atoms with Crippen LogP contribution in [0.2, 0.25) is 0 Å². The van der Waals surface area contributed by atoms with Gasteiger partial charge < -0.3 is 9.84 Å². The Morgan fingerprint density at radius 3 is 2.77 bits per heavy atom. The molecule has 1 N–H and O–H groups in total. The third-order valence-corrected chi connectivity index (χ3v) is 6.26. The van der Waals surface area contributed by atoms with Crippen LogP contribution in [-0.4, -0.2) is 47.4 Å². The number of pyridine rings is 1. The van der Waals surface area contributed by atoms with Crippen molar-refractivity contribution in [2.75, 3.05) is 26.5 Å². The van der Waals surface area contributed by atoms with Crippen molar-refractivity contribution in [3.05, 3.63) is 64.8 Å². The Bertz CT molecular complexity index is 1160. The van der Waals surface area contributed by atoms with Crippen molar-refractivity contribution in [2.24, 2.45) is 0 Å². The van der Waals surface area contributed by atoms with E-state index in [0.717, 1.165) is 46.1 Å². The maximum absolute atomic E-state index is 12.2. The minimum absolute atomic E-state index is 0.356. The fourth-order valence-electron chi connectivity index (χ4n) is 3.99. The van der Waals surface area contributed by atoms with Gasteiger partial charge in [-0.3, -0.25) is 4.90 Å². The number of para-hydroxylation sites is 1. The van der Waals surface area contributed by atoms with Gasteiger partial charge in [0.05, 0.1) is 23.9 Å². The van der Waals surface area contributed by atoms with Crippen LogP contribution in [0.25, 0.3) is 22.6 Å². The van der Waals surface area contributed by atoms with E-state index in [9.17, 15) is 9.90 Å². The van der Waals surface area contributed by atoms with Crippen molar-refractivity contribution in [1.29, 1.82) is 0 Å². The first kappa shape index (κ1) is 20.4. The number of hydrogen-bond donors (Lipinski definition) is 1. The molecule has 0 radical (unpaired) electrons. The second kappa shape index (κ2) is 8.50. The van der Waals surface area contributed by atoms with Crippen LogP contribution < -0.4 is 4.74 Å². The smallest absolute Gasteiger partial charge is 0.336 e. The maximum Gasteiger partial charge on any atom is 0.336 e. The van der Waals surface area contributed by atoms with E-state index >= 15 is 0 Å². The Morgan fingerprint density at radius 2 is 2.07 bits per heavy atom. The van der Waals surface area contributed by atoms with E-state index in [-0.39, 0.29) is 0 Å². The quantitative estimate of drug-likeness (QED) is 0.584. The fourth-order valence-corrected chi connectivity index (χ4v) is 4.54. The highest BCUT2D eigenvalue weighted by molar-refractivity contribution is 7.98. The zero-order valence-corrected chi connectivity index (χ0v) is 18.1. The van der Waals surface area contributed by atoms with Crippen LogP contribution in [0.1, 0.15) is 34.1 Å². The lowest BCUT2D eigenvalue weighted by atomic mass is 9.92. The Labute approximate surface area is 180 Å². The first-order valence-electron chi connectivity index (χ1n) is 9.86. The molecule has 1 aliphatic heterocycles. The van der Waals surface area contributed by atoms with Gasteiger partial charge in [0.2, 0.25) is 0 Å². The van der Waals surface area contributed by atoms with Crippen LogP contribution in [0.3, 0.4) is 0 Å². The molecule has 0 saturated heterocycles. The number of carboxylic acids is 1. The number of likely N-dealkylation sites (N-methyl/N-ethyl adjacent to an activating group) is 1. The number of methoxy groups -OCH3 is 1.